The molecule has 1 saturated heterocycles. The Hall–Kier alpha value is -3.26. The predicted octanol–water partition coefficient (Wildman–Crippen LogP) is 3.33. The molecule has 162 valence electrons. The first-order chi connectivity index (χ1) is 15.1. The van der Waals surface area contributed by atoms with Crippen molar-refractivity contribution in [2.24, 2.45) is 0 Å². The lowest BCUT2D eigenvalue weighted by molar-refractivity contribution is 0.0526. The zero-order chi connectivity index (χ0) is 21.6. The zero-order valence-corrected chi connectivity index (χ0v) is 18.0. The van der Waals surface area contributed by atoms with Gasteiger partial charge in [0.2, 0.25) is 11.7 Å². The van der Waals surface area contributed by atoms with Gasteiger partial charge in [0.1, 0.15) is 5.82 Å². The molecule has 0 saturated carbocycles. The Kier molecular flexibility index (Phi) is 6.57. The van der Waals surface area contributed by atoms with Crippen LogP contribution in [-0.2, 0) is 11.3 Å². The highest BCUT2D eigenvalue weighted by Crippen LogP contribution is 2.19. The molecule has 1 aliphatic rings. The van der Waals surface area contributed by atoms with Crippen LogP contribution in [0, 0.1) is 6.92 Å². The van der Waals surface area contributed by atoms with E-state index in [2.05, 4.69) is 31.8 Å². The van der Waals surface area contributed by atoms with E-state index in [0.29, 0.717) is 30.4 Å². The summed E-state index contributed by atoms with van der Waals surface area (Å²) in [7, 11) is 0. The van der Waals surface area contributed by atoms with Crippen molar-refractivity contribution in [3.8, 4) is 11.4 Å². The van der Waals surface area contributed by atoms with Crippen LogP contribution in [0.3, 0.4) is 0 Å². The van der Waals surface area contributed by atoms with E-state index < -0.39 is 0 Å². The molecule has 0 amide bonds. The summed E-state index contributed by atoms with van der Waals surface area (Å²) in [5.41, 5.74) is 2.63. The molecule has 8 heteroatoms. The van der Waals surface area contributed by atoms with Crippen molar-refractivity contribution < 1.29 is 14.1 Å². The first-order valence-corrected chi connectivity index (χ1v) is 10.6. The fourth-order valence-electron chi connectivity index (χ4n) is 3.60. The molecule has 0 aliphatic carbocycles. The molecule has 2 aromatic heterocycles. The van der Waals surface area contributed by atoms with Gasteiger partial charge in [-0.2, -0.15) is 4.98 Å². The maximum Gasteiger partial charge on any atom is 0.339 e. The number of nitrogens with zero attached hydrogens (tertiary/aromatic N) is 5. The number of carbonyl (C=O) groups is 1. The number of hydrogen-bond acceptors (Lipinski definition) is 8. The molecule has 8 nitrogen and oxygen atoms in total. The summed E-state index contributed by atoms with van der Waals surface area (Å²) in [6.45, 7) is 8.38. The van der Waals surface area contributed by atoms with Crippen molar-refractivity contribution >= 4 is 11.8 Å². The van der Waals surface area contributed by atoms with Crippen molar-refractivity contribution in [3.05, 3.63) is 59.6 Å². The summed E-state index contributed by atoms with van der Waals surface area (Å²) in [6, 6.07) is 11.8. The third kappa shape index (κ3) is 5.27. The Bertz CT molecular complexity index is 1000. The second-order valence-corrected chi connectivity index (χ2v) is 7.62. The number of hydrogen-bond donors (Lipinski definition) is 0. The molecule has 0 unspecified atom stereocenters. The number of aromatic nitrogens is 3. The van der Waals surface area contributed by atoms with Crippen LogP contribution in [0.25, 0.3) is 11.4 Å². The molecule has 31 heavy (non-hydrogen) atoms. The van der Waals surface area contributed by atoms with Crippen LogP contribution in [0.5, 0.6) is 0 Å². The van der Waals surface area contributed by atoms with Gasteiger partial charge in [-0.25, -0.2) is 9.78 Å². The average molecular weight is 422 g/mol. The van der Waals surface area contributed by atoms with Crippen molar-refractivity contribution in [1.29, 1.82) is 0 Å². The number of benzene rings is 1. The highest BCUT2D eigenvalue weighted by molar-refractivity contribution is 5.89. The van der Waals surface area contributed by atoms with E-state index in [4.69, 9.17) is 9.26 Å². The van der Waals surface area contributed by atoms with Crippen LogP contribution >= 0.6 is 0 Å². The van der Waals surface area contributed by atoms with Crippen molar-refractivity contribution in [2.75, 3.05) is 37.7 Å². The molecule has 0 spiro atoms. The summed E-state index contributed by atoms with van der Waals surface area (Å²) in [6.07, 6.45) is 2.58. The molecule has 1 fully saturated rings. The van der Waals surface area contributed by atoms with E-state index in [-0.39, 0.29) is 5.97 Å². The summed E-state index contributed by atoms with van der Waals surface area (Å²) in [4.78, 5) is 25.4. The number of esters is 1. The zero-order valence-electron chi connectivity index (χ0n) is 18.0. The third-order valence-electron chi connectivity index (χ3n) is 5.31. The van der Waals surface area contributed by atoms with Gasteiger partial charge in [-0.3, -0.25) is 4.90 Å². The number of pyridine rings is 1. The fourth-order valence-corrected chi connectivity index (χ4v) is 3.60. The standard InChI is InChI=1S/C23H27N5O3/c1-3-30-23(29)19-9-10-20(24-15-19)28-12-4-11-27(13-14-28)16-21-25-22(26-31-21)18-7-5-17(2)6-8-18/h5-10,15H,3-4,11-14,16H2,1-2H3. The highest BCUT2D eigenvalue weighted by Gasteiger charge is 2.19. The SMILES string of the molecule is CCOC(=O)c1ccc(N2CCCN(Cc3nc(-c4ccc(C)cc4)no3)CC2)nc1. The van der Waals surface area contributed by atoms with E-state index in [9.17, 15) is 4.79 Å². The Morgan fingerprint density at radius 1 is 1.10 bits per heavy atom. The average Bonchev–Trinajstić information content (AvgIpc) is 3.12. The monoisotopic (exact) mass is 421 g/mol. The molecule has 4 rings (SSSR count). The number of aryl methyl sites for hydroxylation is 1. The topological polar surface area (TPSA) is 84.6 Å². The van der Waals surface area contributed by atoms with E-state index >= 15 is 0 Å². The van der Waals surface area contributed by atoms with E-state index in [0.717, 1.165) is 44.0 Å². The lowest BCUT2D eigenvalue weighted by Gasteiger charge is -2.22. The first kappa shape index (κ1) is 21.0. The van der Waals surface area contributed by atoms with Crippen LogP contribution in [-0.4, -0.2) is 58.8 Å². The Morgan fingerprint density at radius 2 is 1.94 bits per heavy atom. The van der Waals surface area contributed by atoms with Gasteiger partial charge < -0.3 is 14.2 Å². The quantitative estimate of drug-likeness (QED) is 0.561. The lowest BCUT2D eigenvalue weighted by Crippen LogP contribution is -2.31. The molecule has 0 bridgehead atoms. The van der Waals surface area contributed by atoms with Crippen molar-refractivity contribution in [3.63, 3.8) is 0 Å². The summed E-state index contributed by atoms with van der Waals surface area (Å²) >= 11 is 0. The van der Waals surface area contributed by atoms with Gasteiger partial charge >= 0.3 is 5.97 Å². The van der Waals surface area contributed by atoms with Gasteiger partial charge in [-0.05, 0) is 32.4 Å². The van der Waals surface area contributed by atoms with E-state index in [1.54, 1.807) is 19.2 Å². The molecular weight excluding hydrogens is 394 g/mol. The van der Waals surface area contributed by atoms with Gasteiger partial charge in [0.25, 0.3) is 0 Å². The summed E-state index contributed by atoms with van der Waals surface area (Å²) < 4.78 is 10.5. The molecular formula is C23H27N5O3. The van der Waals surface area contributed by atoms with E-state index in [1.807, 2.05) is 30.3 Å². The number of rotatable bonds is 6. The normalized spacial score (nSPS) is 15.0. The number of anilines is 1. The van der Waals surface area contributed by atoms with Gasteiger partial charge in [0, 0.05) is 37.9 Å². The van der Waals surface area contributed by atoms with Crippen molar-refractivity contribution in [1.82, 2.24) is 20.0 Å². The maximum absolute atomic E-state index is 11.8. The fraction of sp³-hybridized carbons (Fsp3) is 0.391. The molecule has 3 aromatic rings. The molecule has 0 N–H and O–H groups in total. The molecule has 0 radical (unpaired) electrons. The maximum atomic E-state index is 11.8. The second-order valence-electron chi connectivity index (χ2n) is 7.62. The van der Waals surface area contributed by atoms with Crippen molar-refractivity contribution in [2.45, 2.75) is 26.8 Å². The molecule has 0 atom stereocenters. The van der Waals surface area contributed by atoms with Gasteiger partial charge in [-0.1, -0.05) is 35.0 Å². The van der Waals surface area contributed by atoms with Crippen LogP contribution in [0.15, 0.2) is 47.1 Å². The number of carbonyl (C=O) groups excluding carboxylic acids is 1. The third-order valence-corrected chi connectivity index (χ3v) is 5.31. The van der Waals surface area contributed by atoms with Gasteiger partial charge in [-0.15, -0.1) is 0 Å². The van der Waals surface area contributed by atoms with Crippen LogP contribution in [0.2, 0.25) is 0 Å². The predicted molar refractivity (Wildman–Crippen MR) is 117 cm³/mol. The Morgan fingerprint density at radius 3 is 2.68 bits per heavy atom. The minimum Gasteiger partial charge on any atom is -0.462 e. The van der Waals surface area contributed by atoms with Crippen LogP contribution < -0.4 is 4.90 Å². The number of ether oxygens (including phenoxy) is 1. The lowest BCUT2D eigenvalue weighted by atomic mass is 10.1. The molecule has 1 aliphatic heterocycles. The highest BCUT2D eigenvalue weighted by atomic mass is 16.5. The Balaban J connectivity index is 1.34. The Labute approximate surface area is 181 Å². The molecule has 1 aromatic carbocycles. The van der Waals surface area contributed by atoms with Crippen LogP contribution in [0.4, 0.5) is 5.82 Å². The van der Waals surface area contributed by atoms with Gasteiger partial charge in [0.05, 0.1) is 18.7 Å². The first-order valence-electron chi connectivity index (χ1n) is 10.6. The summed E-state index contributed by atoms with van der Waals surface area (Å²) in [5.74, 6) is 1.78. The molecule has 3 heterocycles. The minimum atomic E-state index is -0.340. The second kappa shape index (κ2) is 9.70. The van der Waals surface area contributed by atoms with Gasteiger partial charge in [0.15, 0.2) is 0 Å². The largest absolute Gasteiger partial charge is 0.462 e. The summed E-state index contributed by atoms with van der Waals surface area (Å²) in [5, 5.41) is 4.13. The van der Waals surface area contributed by atoms with Crippen LogP contribution in [0.1, 0.15) is 35.2 Å². The minimum absolute atomic E-state index is 0.340. The smallest absolute Gasteiger partial charge is 0.339 e. The van der Waals surface area contributed by atoms with E-state index in [1.165, 1.54) is 5.56 Å².